The fraction of sp³-hybridized carbons (Fsp3) is 0.278. The molecule has 0 radical (unpaired) electrons. The molecule has 11 heteroatoms. The van der Waals surface area contributed by atoms with Crippen molar-refractivity contribution in [2.75, 3.05) is 17.0 Å². The van der Waals surface area contributed by atoms with Crippen LogP contribution in [0.4, 0.5) is 5.69 Å². The number of nitrogens with one attached hydrogen (secondary N) is 4. The molecule has 0 spiro atoms. The SMILES string of the molecule is CCS(=O)(=O)Nc1cc(C(=O)N[C@@H](Cc2ccccc2)[C@H](O)CNCc2cccc(CO)c2)cc(C(=O)N[C@H](C)c2ccccc2)c1. The summed E-state index contributed by atoms with van der Waals surface area (Å²) in [6.45, 7) is 3.84. The van der Waals surface area contributed by atoms with Gasteiger partial charge >= 0.3 is 0 Å². The van der Waals surface area contributed by atoms with Crippen molar-refractivity contribution in [2.45, 2.75) is 51.6 Å². The van der Waals surface area contributed by atoms with Gasteiger partial charge in [0.2, 0.25) is 10.0 Å². The van der Waals surface area contributed by atoms with E-state index in [2.05, 4.69) is 20.7 Å². The Kier molecular flexibility index (Phi) is 12.7. The number of benzene rings is 4. The minimum Gasteiger partial charge on any atom is -0.392 e. The van der Waals surface area contributed by atoms with Gasteiger partial charge in [-0.15, -0.1) is 0 Å². The van der Waals surface area contributed by atoms with Crippen molar-refractivity contribution < 1.29 is 28.2 Å². The molecule has 4 aromatic rings. The first kappa shape index (κ1) is 35.3. The molecule has 0 unspecified atom stereocenters. The highest BCUT2D eigenvalue weighted by Gasteiger charge is 2.24. The first-order chi connectivity index (χ1) is 22.6. The van der Waals surface area contributed by atoms with Crippen molar-refractivity contribution in [1.82, 2.24) is 16.0 Å². The van der Waals surface area contributed by atoms with E-state index in [1.54, 1.807) is 0 Å². The number of aliphatic hydroxyl groups excluding tert-OH is 2. The molecule has 0 saturated carbocycles. The summed E-state index contributed by atoms with van der Waals surface area (Å²) in [4.78, 5) is 27.1. The zero-order valence-electron chi connectivity index (χ0n) is 26.5. The normalized spacial score (nSPS) is 13.3. The molecule has 0 fully saturated rings. The molecule has 0 aliphatic heterocycles. The number of amides is 2. The van der Waals surface area contributed by atoms with Gasteiger partial charge in [-0.1, -0.05) is 84.9 Å². The number of carbonyl (C=O) groups is 2. The number of anilines is 1. The molecule has 10 nitrogen and oxygen atoms in total. The molecule has 47 heavy (non-hydrogen) atoms. The van der Waals surface area contributed by atoms with Crippen molar-refractivity contribution in [3.8, 4) is 0 Å². The minimum absolute atomic E-state index is 0.0536. The summed E-state index contributed by atoms with van der Waals surface area (Å²) in [5.74, 6) is -1.26. The quantitative estimate of drug-likeness (QED) is 0.107. The van der Waals surface area contributed by atoms with E-state index in [1.807, 2.05) is 91.9 Å². The lowest BCUT2D eigenvalue weighted by Crippen LogP contribution is -2.48. The average Bonchev–Trinajstić information content (AvgIpc) is 3.08. The Morgan fingerprint density at radius 1 is 0.766 bits per heavy atom. The number of aliphatic hydroxyl groups is 2. The Morgan fingerprint density at radius 2 is 1.36 bits per heavy atom. The summed E-state index contributed by atoms with van der Waals surface area (Å²) in [6, 6.07) is 29.4. The molecule has 248 valence electrons. The standard InChI is InChI=1S/C36H42N4O6S/c1-3-47(45,46)40-32-20-30(35(43)38-25(2)29-15-8-5-9-16-29)19-31(21-32)36(44)39-33(18-26-11-6-4-7-12-26)34(42)23-37-22-27-13-10-14-28(17-27)24-41/h4-17,19-21,25,33-34,37,40-42H,3,18,22-24H2,1-2H3,(H,38,43)(H,39,44)/t25-,33+,34-/m1/s1. The van der Waals surface area contributed by atoms with Crippen molar-refractivity contribution in [2.24, 2.45) is 0 Å². The second-order valence-electron chi connectivity index (χ2n) is 11.4. The Morgan fingerprint density at radius 3 is 2.00 bits per heavy atom. The van der Waals surface area contributed by atoms with Gasteiger partial charge in [0, 0.05) is 24.2 Å². The number of hydrogen-bond acceptors (Lipinski definition) is 7. The molecular weight excluding hydrogens is 616 g/mol. The van der Waals surface area contributed by atoms with Crippen LogP contribution in [0.1, 0.15) is 62.9 Å². The summed E-state index contributed by atoms with van der Waals surface area (Å²) in [7, 11) is -3.71. The number of carbonyl (C=O) groups excluding carboxylic acids is 2. The first-order valence-electron chi connectivity index (χ1n) is 15.5. The predicted molar refractivity (Wildman–Crippen MR) is 183 cm³/mol. The number of sulfonamides is 1. The highest BCUT2D eigenvalue weighted by atomic mass is 32.2. The van der Waals surface area contributed by atoms with Crippen LogP contribution >= 0.6 is 0 Å². The van der Waals surface area contributed by atoms with Crippen LogP contribution in [0.3, 0.4) is 0 Å². The number of hydrogen-bond donors (Lipinski definition) is 6. The van der Waals surface area contributed by atoms with Crippen LogP contribution in [-0.4, -0.2) is 54.9 Å². The fourth-order valence-corrected chi connectivity index (χ4v) is 5.67. The van der Waals surface area contributed by atoms with Gasteiger partial charge in [-0.25, -0.2) is 8.42 Å². The highest BCUT2D eigenvalue weighted by Crippen LogP contribution is 2.20. The van der Waals surface area contributed by atoms with Gasteiger partial charge in [0.15, 0.2) is 0 Å². The van der Waals surface area contributed by atoms with Crippen molar-refractivity contribution in [1.29, 1.82) is 0 Å². The largest absolute Gasteiger partial charge is 0.392 e. The van der Waals surface area contributed by atoms with E-state index in [9.17, 15) is 28.2 Å². The molecule has 0 heterocycles. The summed E-state index contributed by atoms with van der Waals surface area (Å²) >= 11 is 0. The van der Waals surface area contributed by atoms with E-state index in [0.29, 0.717) is 13.0 Å². The molecule has 2 amide bonds. The molecule has 0 bridgehead atoms. The molecule has 0 saturated heterocycles. The monoisotopic (exact) mass is 658 g/mol. The van der Waals surface area contributed by atoms with E-state index in [4.69, 9.17) is 0 Å². The molecular formula is C36H42N4O6S. The van der Waals surface area contributed by atoms with Gasteiger partial charge in [0.25, 0.3) is 11.8 Å². The van der Waals surface area contributed by atoms with E-state index in [-0.39, 0.29) is 41.8 Å². The molecule has 0 aliphatic rings. The predicted octanol–water partition coefficient (Wildman–Crippen LogP) is 3.92. The highest BCUT2D eigenvalue weighted by molar-refractivity contribution is 7.92. The Bertz CT molecular complexity index is 1740. The molecule has 4 aromatic carbocycles. The lowest BCUT2D eigenvalue weighted by Gasteiger charge is -2.25. The Labute approximate surface area is 276 Å². The minimum atomic E-state index is -3.71. The van der Waals surface area contributed by atoms with Crippen LogP contribution in [0.5, 0.6) is 0 Å². The second-order valence-corrected chi connectivity index (χ2v) is 13.4. The van der Waals surface area contributed by atoms with Crippen LogP contribution in [0.15, 0.2) is 103 Å². The molecule has 6 N–H and O–H groups in total. The third-order valence-corrected chi connectivity index (χ3v) is 9.00. The molecule has 3 atom stereocenters. The van der Waals surface area contributed by atoms with Crippen molar-refractivity contribution in [3.63, 3.8) is 0 Å². The topological polar surface area (TPSA) is 157 Å². The van der Waals surface area contributed by atoms with Crippen LogP contribution in [-0.2, 0) is 29.6 Å². The van der Waals surface area contributed by atoms with E-state index in [1.165, 1.54) is 25.1 Å². The van der Waals surface area contributed by atoms with Crippen molar-refractivity contribution >= 4 is 27.5 Å². The van der Waals surface area contributed by atoms with Gasteiger partial charge < -0.3 is 26.2 Å². The van der Waals surface area contributed by atoms with Gasteiger partial charge in [0.05, 0.1) is 36.2 Å². The van der Waals surface area contributed by atoms with Crippen LogP contribution in [0.2, 0.25) is 0 Å². The zero-order chi connectivity index (χ0) is 33.8. The Balaban J connectivity index is 1.56. The maximum absolute atomic E-state index is 13.7. The van der Waals surface area contributed by atoms with E-state index in [0.717, 1.165) is 22.3 Å². The van der Waals surface area contributed by atoms with Gasteiger partial charge in [-0.05, 0) is 60.7 Å². The van der Waals surface area contributed by atoms with Crippen LogP contribution in [0.25, 0.3) is 0 Å². The van der Waals surface area contributed by atoms with Gasteiger partial charge in [-0.2, -0.15) is 0 Å². The number of rotatable bonds is 16. The van der Waals surface area contributed by atoms with E-state index < -0.39 is 34.0 Å². The zero-order valence-corrected chi connectivity index (χ0v) is 27.3. The maximum Gasteiger partial charge on any atom is 0.251 e. The average molecular weight is 659 g/mol. The lowest BCUT2D eigenvalue weighted by molar-refractivity contribution is 0.0830. The molecule has 0 aromatic heterocycles. The summed E-state index contributed by atoms with van der Waals surface area (Å²) < 4.78 is 27.3. The third kappa shape index (κ3) is 10.8. The smallest absolute Gasteiger partial charge is 0.251 e. The third-order valence-electron chi connectivity index (χ3n) is 7.69. The Hall–Kier alpha value is -4.55. The first-order valence-corrected chi connectivity index (χ1v) is 17.2. The fourth-order valence-electron chi connectivity index (χ4n) is 5.05. The van der Waals surface area contributed by atoms with Crippen molar-refractivity contribution in [3.05, 3.63) is 137 Å². The summed E-state index contributed by atoms with van der Waals surface area (Å²) in [5, 5.41) is 29.7. The second kappa shape index (κ2) is 16.8. The van der Waals surface area contributed by atoms with Crippen LogP contribution in [0, 0.1) is 0 Å². The van der Waals surface area contributed by atoms with Gasteiger partial charge in [0.1, 0.15) is 0 Å². The summed E-state index contributed by atoms with van der Waals surface area (Å²) in [6.07, 6.45) is -0.684. The summed E-state index contributed by atoms with van der Waals surface area (Å²) in [5.41, 5.74) is 3.72. The van der Waals surface area contributed by atoms with Crippen LogP contribution < -0.4 is 20.7 Å². The molecule has 0 aliphatic carbocycles. The van der Waals surface area contributed by atoms with Gasteiger partial charge in [-0.3, -0.25) is 14.3 Å². The maximum atomic E-state index is 13.7. The van der Waals surface area contributed by atoms with E-state index >= 15 is 0 Å². The lowest BCUT2D eigenvalue weighted by atomic mass is 10.00. The molecule has 4 rings (SSSR count).